The summed E-state index contributed by atoms with van der Waals surface area (Å²) >= 11 is 0. The second kappa shape index (κ2) is 11.9. The van der Waals surface area contributed by atoms with Crippen LogP contribution in [0.25, 0.3) is 16.8 Å². The van der Waals surface area contributed by atoms with Gasteiger partial charge in [-0.2, -0.15) is 13.2 Å². The second-order valence-corrected chi connectivity index (χ2v) is 13.4. The molecule has 0 aliphatic carbocycles. The molecule has 2 aliphatic heterocycles. The highest BCUT2D eigenvalue weighted by atomic mass is 19.4. The van der Waals surface area contributed by atoms with Crippen LogP contribution in [0.5, 0.6) is 0 Å². The number of aromatic nitrogens is 4. The van der Waals surface area contributed by atoms with Crippen molar-refractivity contribution in [2.24, 2.45) is 10.8 Å². The minimum Gasteiger partial charge on any atom is -0.453 e. The number of anilines is 3. The number of nitrogens with one attached hydrogen (secondary N) is 1. The van der Waals surface area contributed by atoms with Crippen LogP contribution in [0.15, 0.2) is 48.9 Å². The van der Waals surface area contributed by atoms with E-state index in [9.17, 15) is 22.8 Å². The van der Waals surface area contributed by atoms with Crippen molar-refractivity contribution in [2.45, 2.75) is 52.3 Å². The molecule has 0 radical (unpaired) electrons. The lowest BCUT2D eigenvalue weighted by Gasteiger charge is -2.49. The molecule has 1 atom stereocenters. The molecule has 48 heavy (non-hydrogen) atoms. The van der Waals surface area contributed by atoms with Crippen LogP contribution >= 0.6 is 0 Å². The Morgan fingerprint density at radius 2 is 1.73 bits per heavy atom. The molecule has 2 amide bonds. The number of carbonyl (C=O) groups excluding carboxylic acids is 2. The monoisotopic (exact) mass is 668 g/mol. The lowest BCUT2D eigenvalue weighted by molar-refractivity contribution is -0.137. The lowest BCUT2D eigenvalue weighted by atomic mass is 9.64. The summed E-state index contributed by atoms with van der Waals surface area (Å²) in [6, 6.07) is 5.18. The summed E-state index contributed by atoms with van der Waals surface area (Å²) in [5, 5.41) is 2.29. The fraction of sp³-hybridized carbons (Fsp3) is 0.424. The Hall–Kier alpha value is -4.95. The number of methoxy groups -OCH3 is 1. The van der Waals surface area contributed by atoms with Gasteiger partial charge in [-0.3, -0.25) is 9.20 Å². The van der Waals surface area contributed by atoms with Gasteiger partial charge >= 0.3 is 12.3 Å². The number of benzene rings is 1. The average molecular weight is 669 g/mol. The highest BCUT2D eigenvalue weighted by Crippen LogP contribution is 2.52. The number of ether oxygens (including phenoxy) is 1. The first-order valence-corrected chi connectivity index (χ1v) is 15.5. The number of hydrogen-bond donors (Lipinski definition) is 2. The van der Waals surface area contributed by atoms with Gasteiger partial charge in [-0.25, -0.2) is 24.1 Å². The fourth-order valence-electron chi connectivity index (χ4n) is 7.49. The van der Waals surface area contributed by atoms with Gasteiger partial charge < -0.3 is 25.6 Å². The molecule has 2 aliphatic rings. The van der Waals surface area contributed by atoms with Crippen LogP contribution in [0, 0.1) is 16.6 Å². The number of carbonyl (C=O) groups is 2. The quantitative estimate of drug-likeness (QED) is 0.244. The number of imidazole rings is 1. The zero-order chi connectivity index (χ0) is 34.6. The van der Waals surface area contributed by atoms with Crippen molar-refractivity contribution in [1.29, 1.82) is 0 Å². The smallest absolute Gasteiger partial charge is 0.416 e. The number of amides is 2. The molecule has 254 valence electrons. The predicted octanol–water partition coefficient (Wildman–Crippen LogP) is 6.26. The predicted molar refractivity (Wildman–Crippen MR) is 171 cm³/mol. The first-order chi connectivity index (χ1) is 22.6. The lowest BCUT2D eigenvalue weighted by Crippen LogP contribution is -2.54. The molecular weight excluding hydrogens is 632 g/mol. The highest BCUT2D eigenvalue weighted by molar-refractivity contribution is 6.04. The minimum absolute atomic E-state index is 0.0128. The average Bonchev–Trinajstić information content (AvgIpc) is 3.61. The van der Waals surface area contributed by atoms with Gasteiger partial charge in [0.1, 0.15) is 28.7 Å². The molecule has 3 aromatic heterocycles. The molecular formula is C33H36F4N8O3. The topological polar surface area (TPSA) is 131 Å². The summed E-state index contributed by atoms with van der Waals surface area (Å²) in [4.78, 5) is 42.3. The van der Waals surface area contributed by atoms with Crippen molar-refractivity contribution < 1.29 is 31.9 Å². The molecule has 0 saturated carbocycles. The van der Waals surface area contributed by atoms with Crippen LogP contribution < -0.4 is 16.0 Å². The Balaban J connectivity index is 1.27. The van der Waals surface area contributed by atoms with E-state index < -0.39 is 23.5 Å². The normalized spacial score (nSPS) is 18.0. The van der Waals surface area contributed by atoms with Gasteiger partial charge in [-0.15, -0.1) is 0 Å². The maximum atomic E-state index is 15.7. The van der Waals surface area contributed by atoms with E-state index in [2.05, 4.69) is 41.0 Å². The Kier molecular flexibility index (Phi) is 8.20. The van der Waals surface area contributed by atoms with Crippen LogP contribution in [-0.2, 0) is 10.9 Å². The van der Waals surface area contributed by atoms with Crippen molar-refractivity contribution in [3.05, 3.63) is 65.9 Å². The molecule has 11 nitrogen and oxygen atoms in total. The summed E-state index contributed by atoms with van der Waals surface area (Å²) in [6.45, 7) is 8.31. The summed E-state index contributed by atoms with van der Waals surface area (Å²) in [6.07, 6.45) is 1.68. The molecule has 2 fully saturated rings. The molecule has 6 rings (SSSR count). The van der Waals surface area contributed by atoms with Crippen LogP contribution in [0.3, 0.4) is 0 Å². The summed E-state index contributed by atoms with van der Waals surface area (Å²) < 4.78 is 61.9. The number of rotatable bonds is 4. The maximum absolute atomic E-state index is 15.7. The number of alkyl halides is 3. The highest BCUT2D eigenvalue weighted by Gasteiger charge is 2.55. The van der Waals surface area contributed by atoms with E-state index in [-0.39, 0.29) is 51.4 Å². The van der Waals surface area contributed by atoms with E-state index in [0.29, 0.717) is 37.2 Å². The number of fused-ring (bicyclic) bond motifs is 1. The van der Waals surface area contributed by atoms with E-state index in [1.54, 1.807) is 10.6 Å². The third-order valence-corrected chi connectivity index (χ3v) is 9.39. The van der Waals surface area contributed by atoms with Crippen molar-refractivity contribution in [3.8, 4) is 11.3 Å². The zero-order valence-corrected chi connectivity index (χ0v) is 26.9. The summed E-state index contributed by atoms with van der Waals surface area (Å²) in [7, 11) is 1.40. The molecule has 0 bridgehead atoms. The molecule has 1 spiro atoms. The molecule has 2 saturated heterocycles. The number of likely N-dealkylation sites (tertiary alicyclic amines) is 1. The third-order valence-electron chi connectivity index (χ3n) is 9.39. The Bertz CT molecular complexity index is 1880. The first kappa shape index (κ1) is 33.0. The van der Waals surface area contributed by atoms with E-state index in [1.165, 1.54) is 25.4 Å². The summed E-state index contributed by atoms with van der Waals surface area (Å²) in [5.74, 6) is -1.26. The number of nitrogens with zero attached hydrogens (tertiary/aromatic N) is 6. The largest absolute Gasteiger partial charge is 0.453 e. The molecule has 15 heteroatoms. The van der Waals surface area contributed by atoms with Crippen molar-refractivity contribution >= 4 is 35.1 Å². The van der Waals surface area contributed by atoms with Gasteiger partial charge in [0.15, 0.2) is 0 Å². The van der Waals surface area contributed by atoms with Crippen molar-refractivity contribution in [2.75, 3.05) is 42.7 Å². The maximum Gasteiger partial charge on any atom is 0.416 e. The molecule has 1 aromatic carbocycles. The van der Waals surface area contributed by atoms with E-state index in [4.69, 9.17) is 15.5 Å². The number of pyridine rings is 1. The van der Waals surface area contributed by atoms with Gasteiger partial charge in [0.2, 0.25) is 5.95 Å². The van der Waals surface area contributed by atoms with E-state index in [0.717, 1.165) is 37.6 Å². The van der Waals surface area contributed by atoms with E-state index in [1.807, 2.05) is 4.90 Å². The van der Waals surface area contributed by atoms with Gasteiger partial charge in [0.05, 0.1) is 12.7 Å². The standard InChI is InChI=1S/C33H36F4N8O3/c1-31(2,3)28-32(10-15-45(28)30(47)48-4)8-13-43(14-9-32)29-42-24(25-26(38)40-12-16-44(25)29)21-6-5-19(17-22(21)34)27(46)41-23-18-20(7-11-39-23)33(35,36)37/h5-7,11-12,16-18,28H,8-10,13-15H2,1-4H3,(H2,38,40)(H,39,41,46). The van der Waals surface area contributed by atoms with Crippen LogP contribution in [0.4, 0.5) is 39.9 Å². The third kappa shape index (κ3) is 5.85. The molecule has 1 unspecified atom stereocenters. The number of hydrogen-bond acceptors (Lipinski definition) is 8. The summed E-state index contributed by atoms with van der Waals surface area (Å²) in [5.41, 5.74) is 5.60. The fourth-order valence-corrected chi connectivity index (χ4v) is 7.49. The molecule has 4 aromatic rings. The van der Waals surface area contributed by atoms with Crippen molar-refractivity contribution in [1.82, 2.24) is 24.3 Å². The van der Waals surface area contributed by atoms with Gasteiger partial charge in [0, 0.05) is 55.4 Å². The number of halogens is 4. The van der Waals surface area contributed by atoms with Crippen LogP contribution in [-0.4, -0.2) is 69.0 Å². The number of nitrogen functional groups attached to an aromatic ring is 1. The molecule has 5 heterocycles. The van der Waals surface area contributed by atoms with Crippen LogP contribution in [0.2, 0.25) is 0 Å². The van der Waals surface area contributed by atoms with Gasteiger partial charge in [-0.1, -0.05) is 20.8 Å². The Morgan fingerprint density at radius 1 is 1.02 bits per heavy atom. The first-order valence-electron chi connectivity index (χ1n) is 15.5. The van der Waals surface area contributed by atoms with Gasteiger partial charge in [-0.05, 0) is 60.4 Å². The Morgan fingerprint density at radius 3 is 2.38 bits per heavy atom. The van der Waals surface area contributed by atoms with Crippen molar-refractivity contribution in [3.63, 3.8) is 0 Å². The second-order valence-electron chi connectivity index (χ2n) is 13.4. The SMILES string of the molecule is COC(=O)N1CCC2(CCN(c3nc(-c4ccc(C(=O)Nc5cc(C(F)(F)F)ccn5)cc4F)c4c(N)nccn34)CC2)C1C(C)(C)C. The molecule has 3 N–H and O–H groups in total. The minimum atomic E-state index is -4.62. The Labute approximate surface area is 274 Å². The van der Waals surface area contributed by atoms with Crippen LogP contribution in [0.1, 0.15) is 56.0 Å². The van der Waals surface area contributed by atoms with E-state index >= 15 is 4.39 Å². The number of nitrogens with two attached hydrogens (primary N) is 1. The van der Waals surface area contributed by atoms with Gasteiger partial charge in [0.25, 0.3) is 5.91 Å². The zero-order valence-electron chi connectivity index (χ0n) is 26.9. The number of piperidine rings is 1.